The first-order valence-electron chi connectivity index (χ1n) is 7.26. The molecular weight excluding hydrogens is 359 g/mol. The highest BCUT2D eigenvalue weighted by atomic mass is 79.9. The minimum atomic E-state index is -0.281. The number of H-pyrrole nitrogens is 1. The van der Waals surface area contributed by atoms with Crippen LogP contribution in [0.15, 0.2) is 53.0 Å². The van der Waals surface area contributed by atoms with Gasteiger partial charge in [0, 0.05) is 22.4 Å². The van der Waals surface area contributed by atoms with E-state index < -0.39 is 0 Å². The Morgan fingerprint density at radius 2 is 1.87 bits per heavy atom. The van der Waals surface area contributed by atoms with Gasteiger partial charge >= 0.3 is 0 Å². The molecule has 118 valence electrons. The maximum Gasteiger partial charge on any atom is 0.270 e. The van der Waals surface area contributed by atoms with Crippen LogP contribution in [0.5, 0.6) is 0 Å². The van der Waals surface area contributed by atoms with Crippen molar-refractivity contribution in [2.75, 3.05) is 7.05 Å². The van der Waals surface area contributed by atoms with Gasteiger partial charge in [-0.05, 0) is 42.8 Å². The molecule has 1 amide bonds. The van der Waals surface area contributed by atoms with E-state index in [1.807, 2.05) is 31.2 Å². The molecule has 0 aliphatic heterocycles. The first-order chi connectivity index (χ1) is 11.0. The number of halogens is 2. The molecule has 0 radical (unpaired) electrons. The Kier molecular flexibility index (Phi) is 4.22. The summed E-state index contributed by atoms with van der Waals surface area (Å²) in [4.78, 5) is 17.5. The molecule has 1 atom stereocenters. The summed E-state index contributed by atoms with van der Waals surface area (Å²) < 4.78 is 14.0. The molecule has 3 rings (SSSR count). The zero-order valence-corrected chi connectivity index (χ0v) is 14.4. The molecule has 0 saturated carbocycles. The lowest BCUT2D eigenvalue weighted by molar-refractivity contribution is 0.0737. The number of aromatic amines is 1. The number of nitrogens with zero attached hydrogens (tertiary/aromatic N) is 1. The van der Waals surface area contributed by atoms with Crippen LogP contribution in [0.4, 0.5) is 4.39 Å². The summed E-state index contributed by atoms with van der Waals surface area (Å²) in [5.74, 6) is -0.384. The quantitative estimate of drug-likeness (QED) is 0.694. The number of nitrogens with one attached hydrogen (secondary N) is 1. The molecule has 1 N–H and O–H groups in total. The first-order valence-corrected chi connectivity index (χ1v) is 8.06. The summed E-state index contributed by atoms with van der Waals surface area (Å²) in [7, 11) is 1.75. The molecule has 1 unspecified atom stereocenters. The number of rotatable bonds is 3. The summed E-state index contributed by atoms with van der Waals surface area (Å²) in [5, 5.41) is 0.986. The summed E-state index contributed by atoms with van der Waals surface area (Å²) in [6.45, 7) is 1.92. The van der Waals surface area contributed by atoms with Gasteiger partial charge in [0.1, 0.15) is 11.5 Å². The Morgan fingerprint density at radius 3 is 2.57 bits per heavy atom. The van der Waals surface area contributed by atoms with E-state index in [2.05, 4.69) is 20.9 Å². The standard InChI is InChI=1S/C18H16BrFN2O/c1-11(12-4-7-15(20)8-5-12)22(2)18(23)17-9-13-3-6-14(19)10-16(13)21-17/h3-11,21H,1-2H3. The van der Waals surface area contributed by atoms with Crippen LogP contribution in [0.1, 0.15) is 29.0 Å². The van der Waals surface area contributed by atoms with E-state index in [4.69, 9.17) is 0 Å². The van der Waals surface area contributed by atoms with Crippen molar-refractivity contribution in [2.24, 2.45) is 0 Å². The van der Waals surface area contributed by atoms with Crippen LogP contribution in [0.3, 0.4) is 0 Å². The number of hydrogen-bond donors (Lipinski definition) is 1. The Bertz CT molecular complexity index is 857. The van der Waals surface area contributed by atoms with E-state index in [1.165, 1.54) is 12.1 Å². The second-order valence-electron chi connectivity index (χ2n) is 5.56. The minimum absolute atomic E-state index is 0.103. The molecule has 3 nitrogen and oxygen atoms in total. The Balaban J connectivity index is 1.86. The predicted octanol–water partition coefficient (Wildman–Crippen LogP) is 4.90. The van der Waals surface area contributed by atoms with Gasteiger partial charge in [0.25, 0.3) is 5.91 Å². The number of fused-ring (bicyclic) bond motifs is 1. The van der Waals surface area contributed by atoms with E-state index in [1.54, 1.807) is 24.1 Å². The molecule has 0 fully saturated rings. The lowest BCUT2D eigenvalue weighted by Gasteiger charge is -2.25. The highest BCUT2D eigenvalue weighted by Gasteiger charge is 2.20. The Morgan fingerprint density at radius 1 is 1.17 bits per heavy atom. The van der Waals surface area contributed by atoms with Crippen LogP contribution in [0.2, 0.25) is 0 Å². The fraction of sp³-hybridized carbons (Fsp3) is 0.167. The lowest BCUT2D eigenvalue weighted by atomic mass is 10.1. The summed E-state index contributed by atoms with van der Waals surface area (Å²) in [6.07, 6.45) is 0. The summed E-state index contributed by atoms with van der Waals surface area (Å²) >= 11 is 3.42. The van der Waals surface area contributed by atoms with Gasteiger partial charge in [-0.2, -0.15) is 0 Å². The maximum absolute atomic E-state index is 13.0. The van der Waals surface area contributed by atoms with Crippen molar-refractivity contribution in [3.05, 3.63) is 70.1 Å². The fourth-order valence-electron chi connectivity index (χ4n) is 2.55. The van der Waals surface area contributed by atoms with E-state index >= 15 is 0 Å². The van der Waals surface area contributed by atoms with Gasteiger partial charge in [0.15, 0.2) is 0 Å². The molecule has 5 heteroatoms. The van der Waals surface area contributed by atoms with Crippen molar-refractivity contribution in [1.29, 1.82) is 0 Å². The molecule has 1 aromatic heterocycles. The third kappa shape index (κ3) is 3.15. The zero-order valence-electron chi connectivity index (χ0n) is 12.8. The van der Waals surface area contributed by atoms with Crippen LogP contribution >= 0.6 is 15.9 Å². The molecule has 0 aliphatic rings. The lowest BCUT2D eigenvalue weighted by Crippen LogP contribution is -2.29. The predicted molar refractivity (Wildman–Crippen MR) is 92.9 cm³/mol. The molecule has 23 heavy (non-hydrogen) atoms. The average molecular weight is 375 g/mol. The maximum atomic E-state index is 13.0. The average Bonchev–Trinajstić information content (AvgIpc) is 2.96. The number of benzene rings is 2. The van der Waals surface area contributed by atoms with Gasteiger partial charge in [-0.1, -0.05) is 34.1 Å². The smallest absolute Gasteiger partial charge is 0.270 e. The SMILES string of the molecule is CC(c1ccc(F)cc1)N(C)C(=O)c1cc2ccc(Br)cc2[nH]1. The fourth-order valence-corrected chi connectivity index (χ4v) is 2.91. The van der Waals surface area contributed by atoms with Crippen molar-refractivity contribution in [2.45, 2.75) is 13.0 Å². The number of amides is 1. The van der Waals surface area contributed by atoms with Crippen LogP contribution in [-0.2, 0) is 0 Å². The monoisotopic (exact) mass is 374 g/mol. The van der Waals surface area contributed by atoms with Gasteiger partial charge in [-0.3, -0.25) is 4.79 Å². The van der Waals surface area contributed by atoms with Gasteiger partial charge in [0.05, 0.1) is 6.04 Å². The van der Waals surface area contributed by atoms with E-state index in [9.17, 15) is 9.18 Å². The van der Waals surface area contributed by atoms with Gasteiger partial charge < -0.3 is 9.88 Å². The highest BCUT2D eigenvalue weighted by molar-refractivity contribution is 9.10. The van der Waals surface area contributed by atoms with Crippen molar-refractivity contribution in [3.8, 4) is 0 Å². The van der Waals surface area contributed by atoms with Crippen LogP contribution in [0.25, 0.3) is 10.9 Å². The highest BCUT2D eigenvalue weighted by Crippen LogP contribution is 2.24. The summed E-state index contributed by atoms with van der Waals surface area (Å²) in [5.41, 5.74) is 2.33. The molecule has 0 bridgehead atoms. The van der Waals surface area contributed by atoms with Crippen molar-refractivity contribution in [3.63, 3.8) is 0 Å². The van der Waals surface area contributed by atoms with Gasteiger partial charge in [-0.15, -0.1) is 0 Å². The molecule has 0 saturated heterocycles. The van der Waals surface area contributed by atoms with E-state index in [0.717, 1.165) is 20.9 Å². The molecule has 1 heterocycles. The van der Waals surface area contributed by atoms with E-state index in [-0.39, 0.29) is 17.8 Å². The van der Waals surface area contributed by atoms with Crippen LogP contribution < -0.4 is 0 Å². The molecular formula is C18H16BrFN2O. The number of carbonyl (C=O) groups is 1. The van der Waals surface area contributed by atoms with Crippen molar-refractivity contribution < 1.29 is 9.18 Å². The van der Waals surface area contributed by atoms with Crippen LogP contribution in [0, 0.1) is 5.82 Å². The normalized spacial score (nSPS) is 12.3. The van der Waals surface area contributed by atoms with E-state index in [0.29, 0.717) is 5.69 Å². The van der Waals surface area contributed by atoms with Crippen molar-refractivity contribution in [1.82, 2.24) is 9.88 Å². The number of carbonyl (C=O) groups excluding carboxylic acids is 1. The second-order valence-corrected chi connectivity index (χ2v) is 6.47. The molecule has 3 aromatic rings. The van der Waals surface area contributed by atoms with Crippen molar-refractivity contribution >= 4 is 32.7 Å². The zero-order chi connectivity index (χ0) is 16.6. The third-order valence-corrected chi connectivity index (χ3v) is 4.56. The Hall–Kier alpha value is -2.14. The molecule has 0 spiro atoms. The van der Waals surface area contributed by atoms with Crippen LogP contribution in [-0.4, -0.2) is 22.8 Å². The van der Waals surface area contributed by atoms with Gasteiger partial charge in [0.2, 0.25) is 0 Å². The van der Waals surface area contributed by atoms with Gasteiger partial charge in [-0.25, -0.2) is 4.39 Å². The second kappa shape index (κ2) is 6.16. The molecule has 2 aromatic carbocycles. The molecule has 0 aliphatic carbocycles. The number of hydrogen-bond acceptors (Lipinski definition) is 1. The summed E-state index contributed by atoms with van der Waals surface area (Å²) in [6, 6.07) is 13.7. The minimum Gasteiger partial charge on any atom is -0.350 e. The Labute approximate surface area is 142 Å². The first kappa shape index (κ1) is 15.7. The number of aromatic nitrogens is 1. The third-order valence-electron chi connectivity index (χ3n) is 4.07. The topological polar surface area (TPSA) is 36.1 Å². The largest absolute Gasteiger partial charge is 0.350 e.